The van der Waals surface area contributed by atoms with Crippen molar-refractivity contribution in [1.82, 2.24) is 0 Å². The van der Waals surface area contributed by atoms with Crippen LogP contribution < -0.4 is 0 Å². The highest BCUT2D eigenvalue weighted by Gasteiger charge is 2.13. The lowest BCUT2D eigenvalue weighted by molar-refractivity contribution is 0.589. The zero-order valence-corrected chi connectivity index (χ0v) is 18.2. The number of aryl methyl sites for hydroxylation is 2. The van der Waals surface area contributed by atoms with Crippen molar-refractivity contribution in [3.05, 3.63) is 70.8 Å². The molecule has 0 fully saturated rings. The van der Waals surface area contributed by atoms with Crippen molar-refractivity contribution < 1.29 is 0 Å². The summed E-state index contributed by atoms with van der Waals surface area (Å²) >= 11 is 0. The lowest BCUT2D eigenvalue weighted by atomic mass is 9.86. The van der Waals surface area contributed by atoms with Gasteiger partial charge in [-0.3, -0.25) is 0 Å². The van der Waals surface area contributed by atoms with E-state index in [2.05, 4.69) is 90.1 Å². The Morgan fingerprint density at radius 1 is 0.560 bits per heavy atom. The van der Waals surface area contributed by atoms with Gasteiger partial charge in [0.2, 0.25) is 0 Å². The van der Waals surface area contributed by atoms with Crippen LogP contribution in [0.4, 0.5) is 0 Å². The standard InChI is InChI=1S/C24H35Si/c1-23(2,3)21-11-7-19(8-12-21)15-17-25-18-16-20-9-13-22(14-10-20)24(4,5)6/h7-14,25H,15-18H2,1-6H3. The Kier molecular flexibility index (Phi) is 6.68. The molecule has 0 nitrogen and oxygen atoms in total. The Hall–Kier alpha value is -1.34. The van der Waals surface area contributed by atoms with Crippen molar-refractivity contribution in [2.45, 2.75) is 77.3 Å². The molecule has 0 saturated carbocycles. The second-order valence-electron chi connectivity index (χ2n) is 9.26. The molecule has 1 heteroatoms. The molecular weight excluding hydrogens is 316 g/mol. The third-order valence-corrected chi connectivity index (χ3v) is 6.31. The van der Waals surface area contributed by atoms with Crippen LogP contribution in [0.25, 0.3) is 0 Å². The van der Waals surface area contributed by atoms with E-state index in [1.54, 1.807) is 0 Å². The van der Waals surface area contributed by atoms with Crippen LogP contribution in [0.1, 0.15) is 63.8 Å². The largest absolute Gasteiger partial charge is 0.0588 e. The van der Waals surface area contributed by atoms with Gasteiger partial charge in [-0.05, 0) is 45.9 Å². The predicted octanol–water partition coefficient (Wildman–Crippen LogP) is 6.34. The van der Waals surface area contributed by atoms with E-state index in [1.807, 2.05) is 0 Å². The highest BCUT2D eigenvalue weighted by atomic mass is 28.2. The number of rotatable bonds is 6. The van der Waals surface area contributed by atoms with E-state index in [9.17, 15) is 0 Å². The molecule has 0 atom stereocenters. The second kappa shape index (κ2) is 8.36. The Balaban J connectivity index is 1.71. The minimum atomic E-state index is 0.256. The Morgan fingerprint density at radius 2 is 0.880 bits per heavy atom. The topological polar surface area (TPSA) is 0 Å². The van der Waals surface area contributed by atoms with Crippen molar-refractivity contribution in [1.29, 1.82) is 0 Å². The number of hydrogen-bond donors (Lipinski definition) is 0. The summed E-state index contributed by atoms with van der Waals surface area (Å²) in [6, 6.07) is 21.3. The highest BCUT2D eigenvalue weighted by molar-refractivity contribution is 6.35. The Labute approximate surface area is 157 Å². The third-order valence-electron chi connectivity index (χ3n) is 4.91. The highest BCUT2D eigenvalue weighted by Crippen LogP contribution is 2.23. The average molecular weight is 352 g/mol. The molecule has 0 aromatic heterocycles. The van der Waals surface area contributed by atoms with Crippen molar-refractivity contribution in [2.24, 2.45) is 0 Å². The summed E-state index contributed by atoms with van der Waals surface area (Å²) in [5.41, 5.74) is 6.37. The van der Waals surface area contributed by atoms with E-state index in [4.69, 9.17) is 0 Å². The van der Waals surface area contributed by atoms with Crippen LogP contribution in [-0.2, 0) is 23.7 Å². The molecule has 0 spiro atoms. The van der Waals surface area contributed by atoms with Crippen LogP contribution in [0.2, 0.25) is 12.1 Å². The van der Waals surface area contributed by atoms with Crippen LogP contribution in [0.15, 0.2) is 48.5 Å². The van der Waals surface area contributed by atoms with Gasteiger partial charge in [0, 0.05) is 9.52 Å². The molecule has 1 radical (unpaired) electrons. The SMILES string of the molecule is CC(C)(C)c1ccc(CC[SiH]CCc2ccc(C(C)(C)C)cc2)cc1. The van der Waals surface area contributed by atoms with Gasteiger partial charge in [-0.1, -0.05) is 102 Å². The molecule has 0 saturated heterocycles. The van der Waals surface area contributed by atoms with E-state index in [0.29, 0.717) is 9.52 Å². The molecule has 0 aliphatic carbocycles. The monoisotopic (exact) mass is 351 g/mol. The zero-order valence-electron chi connectivity index (χ0n) is 17.0. The minimum absolute atomic E-state index is 0.256. The van der Waals surface area contributed by atoms with Gasteiger partial charge in [0.05, 0.1) is 0 Å². The predicted molar refractivity (Wildman–Crippen MR) is 114 cm³/mol. The maximum absolute atomic E-state index is 2.32. The molecular formula is C24H35Si. The molecule has 0 amide bonds. The quantitative estimate of drug-likeness (QED) is 0.421. The first-order valence-corrected chi connectivity index (χ1v) is 11.3. The van der Waals surface area contributed by atoms with Gasteiger partial charge in [0.1, 0.15) is 0 Å². The van der Waals surface area contributed by atoms with E-state index < -0.39 is 0 Å². The first-order valence-electron chi connectivity index (χ1n) is 9.67. The molecule has 25 heavy (non-hydrogen) atoms. The molecule has 2 rings (SSSR count). The van der Waals surface area contributed by atoms with Gasteiger partial charge in [-0.25, -0.2) is 0 Å². The van der Waals surface area contributed by atoms with E-state index in [1.165, 1.54) is 47.2 Å². The molecule has 2 aromatic carbocycles. The zero-order chi connectivity index (χ0) is 18.5. The Morgan fingerprint density at radius 3 is 1.16 bits per heavy atom. The smallest absolute Gasteiger partial charge is 0.0286 e. The lowest BCUT2D eigenvalue weighted by Crippen LogP contribution is -2.10. The lowest BCUT2D eigenvalue weighted by Gasteiger charge is -2.19. The fraction of sp³-hybridized carbons (Fsp3) is 0.500. The molecule has 0 bridgehead atoms. The first-order chi connectivity index (χ1) is 11.7. The fourth-order valence-corrected chi connectivity index (χ4v) is 4.39. The minimum Gasteiger partial charge on any atom is -0.0588 e. The first kappa shape index (κ1) is 20.0. The number of hydrogen-bond acceptors (Lipinski definition) is 0. The maximum atomic E-state index is 2.32. The van der Waals surface area contributed by atoms with Crippen molar-refractivity contribution in [3.63, 3.8) is 0 Å². The summed E-state index contributed by atoms with van der Waals surface area (Å²) in [6.07, 6.45) is 2.48. The van der Waals surface area contributed by atoms with Crippen LogP contribution in [0.5, 0.6) is 0 Å². The molecule has 0 heterocycles. The molecule has 0 aliphatic heterocycles. The van der Waals surface area contributed by atoms with Crippen molar-refractivity contribution >= 4 is 9.52 Å². The maximum Gasteiger partial charge on any atom is 0.0286 e. The van der Waals surface area contributed by atoms with Crippen molar-refractivity contribution in [3.8, 4) is 0 Å². The summed E-state index contributed by atoms with van der Waals surface area (Å²) in [6.45, 7) is 13.7. The molecule has 135 valence electrons. The summed E-state index contributed by atoms with van der Waals surface area (Å²) in [5.74, 6) is 0. The summed E-state index contributed by atoms with van der Waals surface area (Å²) in [4.78, 5) is 0. The van der Waals surface area contributed by atoms with Gasteiger partial charge in [-0.2, -0.15) is 0 Å². The van der Waals surface area contributed by atoms with Crippen molar-refractivity contribution in [2.75, 3.05) is 0 Å². The Bertz CT molecular complexity index is 577. The molecule has 2 aromatic rings. The van der Waals surface area contributed by atoms with Crippen LogP contribution in [0, 0.1) is 0 Å². The fourth-order valence-electron chi connectivity index (χ4n) is 3.02. The van der Waals surface area contributed by atoms with Crippen LogP contribution in [0.3, 0.4) is 0 Å². The van der Waals surface area contributed by atoms with E-state index in [-0.39, 0.29) is 10.8 Å². The van der Waals surface area contributed by atoms with Crippen LogP contribution in [-0.4, -0.2) is 9.52 Å². The summed E-state index contributed by atoms with van der Waals surface area (Å²) < 4.78 is 0. The average Bonchev–Trinajstić information content (AvgIpc) is 2.54. The van der Waals surface area contributed by atoms with Gasteiger partial charge in [0.25, 0.3) is 0 Å². The van der Waals surface area contributed by atoms with E-state index >= 15 is 0 Å². The third kappa shape index (κ3) is 6.47. The summed E-state index contributed by atoms with van der Waals surface area (Å²) in [7, 11) is 0.553. The van der Waals surface area contributed by atoms with Gasteiger partial charge < -0.3 is 0 Å². The van der Waals surface area contributed by atoms with E-state index in [0.717, 1.165) is 0 Å². The molecule has 0 aliphatic rings. The molecule has 0 N–H and O–H groups in total. The number of benzene rings is 2. The van der Waals surface area contributed by atoms with Crippen LogP contribution >= 0.6 is 0 Å². The second-order valence-corrected chi connectivity index (χ2v) is 11.0. The summed E-state index contributed by atoms with van der Waals surface area (Å²) in [5, 5.41) is 0. The van der Waals surface area contributed by atoms with Gasteiger partial charge >= 0.3 is 0 Å². The normalized spacial score (nSPS) is 12.4. The molecule has 0 unspecified atom stereocenters. The van der Waals surface area contributed by atoms with Gasteiger partial charge in [-0.15, -0.1) is 0 Å². The van der Waals surface area contributed by atoms with Gasteiger partial charge in [0.15, 0.2) is 0 Å².